The summed E-state index contributed by atoms with van der Waals surface area (Å²) in [5.74, 6) is 0.862. The number of nitrogens with one attached hydrogen (secondary N) is 2. The maximum absolute atomic E-state index is 12.5. The van der Waals surface area contributed by atoms with Gasteiger partial charge < -0.3 is 15.4 Å². The van der Waals surface area contributed by atoms with Crippen LogP contribution in [0.1, 0.15) is 35.3 Å². The highest BCUT2D eigenvalue weighted by atomic mass is 16.5. The van der Waals surface area contributed by atoms with Gasteiger partial charge in [0.2, 0.25) is 5.95 Å². The summed E-state index contributed by atoms with van der Waals surface area (Å²) in [6.45, 7) is 7.92. The summed E-state index contributed by atoms with van der Waals surface area (Å²) in [6.07, 6.45) is 3.05. The van der Waals surface area contributed by atoms with E-state index in [1.165, 1.54) is 12.4 Å². The second-order valence-electron chi connectivity index (χ2n) is 6.91. The fourth-order valence-corrected chi connectivity index (χ4v) is 2.81. The Morgan fingerprint density at radius 3 is 2.29 bits per heavy atom. The Morgan fingerprint density at radius 2 is 1.64 bits per heavy atom. The second kappa shape index (κ2) is 8.52. The normalized spacial score (nSPS) is 10.6. The highest BCUT2D eigenvalue weighted by Crippen LogP contribution is 2.27. The zero-order valence-electron chi connectivity index (χ0n) is 16.5. The van der Waals surface area contributed by atoms with Gasteiger partial charge >= 0.3 is 0 Å². The van der Waals surface area contributed by atoms with Crippen molar-refractivity contribution in [3.8, 4) is 5.75 Å². The van der Waals surface area contributed by atoms with Gasteiger partial charge in [-0.25, -0.2) is 9.97 Å². The third kappa shape index (κ3) is 5.07. The number of anilines is 3. The third-order valence-electron chi connectivity index (χ3n) is 3.89. The Labute approximate surface area is 165 Å². The van der Waals surface area contributed by atoms with Gasteiger partial charge in [-0.15, -0.1) is 0 Å². The number of nitrogens with zero attached hydrogens (tertiary/aromatic N) is 2. The van der Waals surface area contributed by atoms with E-state index in [1.54, 1.807) is 0 Å². The van der Waals surface area contributed by atoms with Crippen molar-refractivity contribution >= 4 is 23.2 Å². The van der Waals surface area contributed by atoms with E-state index in [0.29, 0.717) is 11.5 Å². The van der Waals surface area contributed by atoms with E-state index >= 15 is 0 Å². The molecule has 0 spiro atoms. The number of carbonyl (C=O) groups excluding carboxylic acids is 1. The molecule has 6 heteroatoms. The largest absolute Gasteiger partial charge is 0.489 e. The summed E-state index contributed by atoms with van der Waals surface area (Å²) < 4.78 is 5.78. The number of amides is 1. The van der Waals surface area contributed by atoms with Crippen LogP contribution in [0.15, 0.2) is 54.9 Å². The van der Waals surface area contributed by atoms with Crippen LogP contribution in [0.3, 0.4) is 0 Å². The van der Waals surface area contributed by atoms with Gasteiger partial charge in [0.15, 0.2) is 0 Å². The summed E-state index contributed by atoms with van der Waals surface area (Å²) >= 11 is 0. The Bertz CT molecular complexity index is 948. The zero-order valence-corrected chi connectivity index (χ0v) is 16.5. The van der Waals surface area contributed by atoms with E-state index < -0.39 is 0 Å². The lowest BCUT2D eigenvalue weighted by Crippen LogP contribution is -2.13. The first-order valence-electron chi connectivity index (χ1n) is 9.15. The van der Waals surface area contributed by atoms with Crippen molar-refractivity contribution in [2.45, 2.75) is 33.8 Å². The van der Waals surface area contributed by atoms with E-state index in [4.69, 9.17) is 4.74 Å². The molecule has 0 aliphatic carbocycles. The number of carbonyl (C=O) groups is 1. The Hall–Kier alpha value is -3.41. The highest BCUT2D eigenvalue weighted by Gasteiger charge is 2.10. The van der Waals surface area contributed by atoms with Crippen LogP contribution in [0.2, 0.25) is 0 Å². The van der Waals surface area contributed by atoms with Crippen LogP contribution < -0.4 is 15.4 Å². The maximum Gasteiger partial charge on any atom is 0.258 e. The van der Waals surface area contributed by atoms with Gasteiger partial charge in [-0.2, -0.15) is 0 Å². The topological polar surface area (TPSA) is 76.1 Å². The molecule has 1 heterocycles. The quantitative estimate of drug-likeness (QED) is 0.641. The Kier molecular flexibility index (Phi) is 5.89. The maximum atomic E-state index is 12.5. The molecule has 0 saturated heterocycles. The van der Waals surface area contributed by atoms with Crippen molar-refractivity contribution in [3.05, 3.63) is 71.5 Å². The Balaban J connectivity index is 1.71. The highest BCUT2D eigenvalue weighted by molar-refractivity contribution is 6.04. The number of benzene rings is 2. The molecule has 0 bridgehead atoms. The molecule has 3 aromatic rings. The van der Waals surface area contributed by atoms with Gasteiger partial charge in [0.05, 0.1) is 17.4 Å². The molecule has 0 saturated carbocycles. The standard InChI is InChI=1S/C22H24N4O2/c1-14(2)28-20-8-6-5-7-19(20)26-22-23-12-17(13-24-22)21(27)25-18-10-15(3)9-16(4)11-18/h5-14H,1-4H3,(H,25,27)(H,23,24,26). The van der Waals surface area contributed by atoms with Crippen molar-refractivity contribution in [1.82, 2.24) is 9.97 Å². The zero-order chi connectivity index (χ0) is 20.1. The predicted octanol–water partition coefficient (Wildman–Crippen LogP) is 4.88. The molecule has 1 aromatic heterocycles. The molecule has 2 aromatic carbocycles. The molecule has 0 atom stereocenters. The van der Waals surface area contributed by atoms with Gasteiger partial charge in [-0.1, -0.05) is 18.2 Å². The minimum Gasteiger partial charge on any atom is -0.489 e. The first kappa shape index (κ1) is 19.4. The molecule has 6 nitrogen and oxygen atoms in total. The molecule has 3 rings (SSSR count). The first-order valence-corrected chi connectivity index (χ1v) is 9.15. The molecule has 0 fully saturated rings. The van der Waals surface area contributed by atoms with Gasteiger partial charge in [0.1, 0.15) is 5.75 Å². The molecule has 0 aliphatic heterocycles. The summed E-state index contributed by atoms with van der Waals surface area (Å²) in [4.78, 5) is 21.0. The van der Waals surface area contributed by atoms with Crippen molar-refractivity contribution in [1.29, 1.82) is 0 Å². The van der Waals surface area contributed by atoms with Gasteiger partial charge in [0, 0.05) is 18.1 Å². The smallest absolute Gasteiger partial charge is 0.258 e. The number of rotatable bonds is 6. The average Bonchev–Trinajstić information content (AvgIpc) is 2.62. The number of hydrogen-bond acceptors (Lipinski definition) is 5. The molecule has 144 valence electrons. The third-order valence-corrected chi connectivity index (χ3v) is 3.89. The minimum absolute atomic E-state index is 0.0557. The number of para-hydroxylation sites is 2. The molecular weight excluding hydrogens is 352 g/mol. The molecule has 0 radical (unpaired) electrons. The number of hydrogen-bond donors (Lipinski definition) is 2. The van der Waals surface area contributed by atoms with Crippen molar-refractivity contribution in [3.63, 3.8) is 0 Å². The average molecular weight is 376 g/mol. The molecule has 0 aliphatic rings. The van der Waals surface area contributed by atoms with Gasteiger partial charge in [-0.05, 0) is 63.1 Å². The molecule has 2 N–H and O–H groups in total. The van der Waals surface area contributed by atoms with E-state index in [1.807, 2.05) is 64.1 Å². The number of aromatic nitrogens is 2. The summed E-state index contributed by atoms with van der Waals surface area (Å²) in [7, 11) is 0. The van der Waals surface area contributed by atoms with Crippen LogP contribution in [0.4, 0.5) is 17.3 Å². The van der Waals surface area contributed by atoms with E-state index in [0.717, 1.165) is 28.3 Å². The fraction of sp³-hybridized carbons (Fsp3) is 0.227. The lowest BCUT2D eigenvalue weighted by molar-refractivity contribution is 0.102. The van der Waals surface area contributed by atoms with Crippen LogP contribution in [0.25, 0.3) is 0 Å². The summed E-state index contributed by atoms with van der Waals surface area (Å²) in [5, 5.41) is 6.01. The lowest BCUT2D eigenvalue weighted by atomic mass is 10.1. The van der Waals surface area contributed by atoms with E-state index in [2.05, 4.69) is 26.7 Å². The predicted molar refractivity (Wildman–Crippen MR) is 111 cm³/mol. The molecule has 28 heavy (non-hydrogen) atoms. The van der Waals surface area contributed by atoms with E-state index in [-0.39, 0.29) is 12.0 Å². The Morgan fingerprint density at radius 1 is 1.00 bits per heavy atom. The molecular formula is C22H24N4O2. The van der Waals surface area contributed by atoms with Crippen LogP contribution in [-0.4, -0.2) is 22.0 Å². The molecule has 1 amide bonds. The van der Waals surface area contributed by atoms with Gasteiger partial charge in [0.25, 0.3) is 5.91 Å². The van der Waals surface area contributed by atoms with Crippen molar-refractivity contribution in [2.24, 2.45) is 0 Å². The van der Waals surface area contributed by atoms with Gasteiger partial charge in [-0.3, -0.25) is 4.79 Å². The van der Waals surface area contributed by atoms with E-state index in [9.17, 15) is 4.79 Å². The number of ether oxygens (including phenoxy) is 1. The first-order chi connectivity index (χ1) is 13.4. The SMILES string of the molecule is Cc1cc(C)cc(NC(=O)c2cnc(Nc3ccccc3OC(C)C)nc2)c1. The molecule has 0 unspecified atom stereocenters. The number of aryl methyl sites for hydroxylation is 2. The van der Waals surface area contributed by atoms with Crippen LogP contribution in [0, 0.1) is 13.8 Å². The van der Waals surface area contributed by atoms with Crippen molar-refractivity contribution in [2.75, 3.05) is 10.6 Å². The second-order valence-corrected chi connectivity index (χ2v) is 6.91. The minimum atomic E-state index is -0.250. The van der Waals surface area contributed by atoms with Crippen LogP contribution >= 0.6 is 0 Å². The summed E-state index contributed by atoms with van der Waals surface area (Å²) in [5.41, 5.74) is 4.09. The monoisotopic (exact) mass is 376 g/mol. The fourth-order valence-electron chi connectivity index (χ4n) is 2.81. The summed E-state index contributed by atoms with van der Waals surface area (Å²) in [6, 6.07) is 13.5. The van der Waals surface area contributed by atoms with Crippen LogP contribution in [0.5, 0.6) is 5.75 Å². The van der Waals surface area contributed by atoms with Crippen molar-refractivity contribution < 1.29 is 9.53 Å². The lowest BCUT2D eigenvalue weighted by Gasteiger charge is -2.14. The van der Waals surface area contributed by atoms with Crippen LogP contribution in [-0.2, 0) is 0 Å².